The van der Waals surface area contributed by atoms with Crippen LogP contribution >= 0.6 is 11.6 Å². The molecule has 0 aromatic carbocycles. The average Bonchev–Trinajstić information content (AvgIpc) is 3.11. The van der Waals surface area contributed by atoms with Gasteiger partial charge in [-0.15, -0.1) is 11.6 Å². The fourth-order valence-electron chi connectivity index (χ4n) is 2.33. The van der Waals surface area contributed by atoms with E-state index in [1.807, 2.05) is 24.7 Å². The molecule has 0 amide bonds. The van der Waals surface area contributed by atoms with E-state index in [1.165, 1.54) is 0 Å². The molecule has 20 heavy (non-hydrogen) atoms. The predicted molar refractivity (Wildman–Crippen MR) is 78.5 cm³/mol. The molecule has 6 heteroatoms. The normalized spacial score (nSPS) is 11.2. The first kappa shape index (κ1) is 13.1. The lowest BCUT2D eigenvalue weighted by atomic mass is 10.3. The molecule has 0 spiro atoms. The second kappa shape index (κ2) is 6.05. The molecule has 3 aromatic rings. The van der Waals surface area contributed by atoms with Crippen molar-refractivity contribution in [1.82, 2.24) is 24.1 Å². The Morgan fingerprint density at radius 2 is 2.05 bits per heavy atom. The van der Waals surface area contributed by atoms with Crippen LogP contribution in [0.2, 0.25) is 0 Å². The zero-order valence-corrected chi connectivity index (χ0v) is 11.9. The number of nitrogens with zero attached hydrogens (tertiary/aromatic N) is 5. The third kappa shape index (κ3) is 2.67. The summed E-state index contributed by atoms with van der Waals surface area (Å²) in [4.78, 5) is 13.0. The monoisotopic (exact) mass is 289 g/mol. The first-order valence-corrected chi connectivity index (χ1v) is 7.24. The van der Waals surface area contributed by atoms with Crippen molar-refractivity contribution in [3.05, 3.63) is 42.9 Å². The summed E-state index contributed by atoms with van der Waals surface area (Å²) in [5.41, 5.74) is 1.84. The van der Waals surface area contributed by atoms with Gasteiger partial charge in [0.05, 0.1) is 12.2 Å². The van der Waals surface area contributed by atoms with Crippen molar-refractivity contribution in [1.29, 1.82) is 0 Å². The third-order valence-electron chi connectivity index (χ3n) is 3.31. The molecule has 0 aliphatic heterocycles. The van der Waals surface area contributed by atoms with Gasteiger partial charge in [0, 0.05) is 31.7 Å². The smallest absolute Gasteiger partial charge is 0.160 e. The molecule has 0 radical (unpaired) electrons. The number of aromatic nitrogens is 5. The Kier molecular flexibility index (Phi) is 3.97. The average molecular weight is 290 g/mol. The Balaban J connectivity index is 1.67. The van der Waals surface area contributed by atoms with Crippen LogP contribution in [0.25, 0.3) is 11.2 Å². The van der Waals surface area contributed by atoms with Crippen molar-refractivity contribution >= 4 is 22.8 Å². The highest BCUT2D eigenvalue weighted by atomic mass is 35.5. The molecule has 0 aliphatic rings. The number of aryl methyl sites for hydroxylation is 2. The summed E-state index contributed by atoms with van der Waals surface area (Å²) in [5, 5.41) is 0. The van der Waals surface area contributed by atoms with Crippen molar-refractivity contribution < 1.29 is 0 Å². The molecular formula is C14H16ClN5. The third-order valence-corrected chi connectivity index (χ3v) is 3.55. The van der Waals surface area contributed by atoms with Gasteiger partial charge in [-0.25, -0.2) is 15.0 Å². The zero-order chi connectivity index (χ0) is 13.8. The molecule has 5 nitrogen and oxygen atoms in total. The number of unbranched alkanes of at least 4 members (excludes halogenated alkanes) is 1. The molecule has 0 unspecified atom stereocenters. The van der Waals surface area contributed by atoms with Crippen LogP contribution in [0, 0.1) is 0 Å². The highest BCUT2D eigenvalue weighted by Crippen LogP contribution is 2.16. The van der Waals surface area contributed by atoms with E-state index in [2.05, 4.69) is 24.1 Å². The lowest BCUT2D eigenvalue weighted by Crippen LogP contribution is -2.05. The van der Waals surface area contributed by atoms with Crippen molar-refractivity contribution in [2.45, 2.75) is 31.8 Å². The lowest BCUT2D eigenvalue weighted by molar-refractivity contribution is 0.550. The van der Waals surface area contributed by atoms with E-state index in [4.69, 9.17) is 11.6 Å². The number of halogens is 1. The fourth-order valence-corrected chi connectivity index (χ4v) is 2.53. The summed E-state index contributed by atoms with van der Waals surface area (Å²) < 4.78 is 4.21. The minimum Gasteiger partial charge on any atom is -0.337 e. The summed E-state index contributed by atoms with van der Waals surface area (Å²) in [6, 6.07) is 3.87. The SMILES string of the molecule is ClCc1nc2cccnc2n1CCCCn1ccnc1. The van der Waals surface area contributed by atoms with Crippen LogP contribution in [-0.4, -0.2) is 24.1 Å². The molecule has 3 aromatic heterocycles. The quantitative estimate of drug-likeness (QED) is 0.518. The molecule has 0 aliphatic carbocycles. The zero-order valence-electron chi connectivity index (χ0n) is 11.1. The summed E-state index contributed by atoms with van der Waals surface area (Å²) >= 11 is 5.97. The maximum Gasteiger partial charge on any atom is 0.160 e. The van der Waals surface area contributed by atoms with Crippen LogP contribution in [0.3, 0.4) is 0 Å². The number of hydrogen-bond acceptors (Lipinski definition) is 3. The largest absolute Gasteiger partial charge is 0.337 e. The van der Waals surface area contributed by atoms with E-state index in [0.29, 0.717) is 5.88 Å². The Bertz CT molecular complexity index is 674. The molecule has 0 atom stereocenters. The number of alkyl halides is 1. The van der Waals surface area contributed by atoms with E-state index < -0.39 is 0 Å². The van der Waals surface area contributed by atoms with E-state index in [9.17, 15) is 0 Å². The summed E-state index contributed by atoms with van der Waals surface area (Å²) in [5.74, 6) is 1.31. The first-order valence-electron chi connectivity index (χ1n) is 6.70. The van der Waals surface area contributed by atoms with Crippen LogP contribution in [0.15, 0.2) is 37.1 Å². The van der Waals surface area contributed by atoms with Crippen LogP contribution in [-0.2, 0) is 19.0 Å². The molecule has 0 bridgehead atoms. The molecule has 3 heterocycles. The van der Waals surface area contributed by atoms with Gasteiger partial charge in [0.1, 0.15) is 11.3 Å². The molecule has 0 fully saturated rings. The van der Waals surface area contributed by atoms with Gasteiger partial charge in [-0.05, 0) is 25.0 Å². The van der Waals surface area contributed by atoms with Gasteiger partial charge < -0.3 is 9.13 Å². The molecule has 3 rings (SSSR count). The predicted octanol–water partition coefficient (Wildman–Crippen LogP) is 2.85. The van der Waals surface area contributed by atoms with Crippen LogP contribution in [0.5, 0.6) is 0 Å². The van der Waals surface area contributed by atoms with E-state index >= 15 is 0 Å². The maximum absolute atomic E-state index is 5.97. The Morgan fingerprint density at radius 3 is 2.85 bits per heavy atom. The van der Waals surface area contributed by atoms with Gasteiger partial charge in [0.2, 0.25) is 0 Å². The highest BCUT2D eigenvalue weighted by molar-refractivity contribution is 6.16. The second-order valence-corrected chi connectivity index (χ2v) is 4.93. The van der Waals surface area contributed by atoms with E-state index in [1.54, 1.807) is 12.4 Å². The van der Waals surface area contributed by atoms with Gasteiger partial charge in [0.25, 0.3) is 0 Å². The molecule has 0 saturated carbocycles. The summed E-state index contributed by atoms with van der Waals surface area (Å²) in [6.45, 7) is 1.88. The number of rotatable bonds is 6. The van der Waals surface area contributed by atoms with Gasteiger partial charge >= 0.3 is 0 Å². The summed E-state index contributed by atoms with van der Waals surface area (Å²) in [7, 11) is 0. The minimum absolute atomic E-state index is 0.415. The van der Waals surface area contributed by atoms with Crippen LogP contribution in [0.4, 0.5) is 0 Å². The molecular weight excluding hydrogens is 274 g/mol. The van der Waals surface area contributed by atoms with Gasteiger partial charge in [-0.2, -0.15) is 0 Å². The van der Waals surface area contributed by atoms with Crippen LogP contribution in [0.1, 0.15) is 18.7 Å². The van der Waals surface area contributed by atoms with Crippen molar-refractivity contribution in [2.75, 3.05) is 0 Å². The molecule has 104 valence electrons. The van der Waals surface area contributed by atoms with E-state index in [0.717, 1.165) is 42.9 Å². The number of hydrogen-bond donors (Lipinski definition) is 0. The number of pyridine rings is 1. The first-order chi connectivity index (χ1) is 9.88. The topological polar surface area (TPSA) is 48.5 Å². The molecule has 0 saturated heterocycles. The fraction of sp³-hybridized carbons (Fsp3) is 0.357. The van der Waals surface area contributed by atoms with Crippen molar-refractivity contribution in [3.63, 3.8) is 0 Å². The Hall–Kier alpha value is -1.88. The van der Waals surface area contributed by atoms with Gasteiger partial charge in [-0.3, -0.25) is 0 Å². The maximum atomic E-state index is 5.97. The summed E-state index contributed by atoms with van der Waals surface area (Å²) in [6.07, 6.45) is 9.58. The lowest BCUT2D eigenvalue weighted by Gasteiger charge is -2.07. The number of imidazole rings is 2. The minimum atomic E-state index is 0.415. The van der Waals surface area contributed by atoms with Crippen LogP contribution < -0.4 is 0 Å². The highest BCUT2D eigenvalue weighted by Gasteiger charge is 2.09. The Morgan fingerprint density at radius 1 is 1.15 bits per heavy atom. The standard InChI is InChI=1S/C14H16ClN5/c15-10-13-18-12-4-3-5-17-14(12)20(13)8-2-1-7-19-9-6-16-11-19/h3-6,9,11H,1-2,7-8,10H2. The van der Waals surface area contributed by atoms with Crippen molar-refractivity contribution in [3.8, 4) is 0 Å². The second-order valence-electron chi connectivity index (χ2n) is 4.67. The van der Waals surface area contributed by atoms with Gasteiger partial charge in [0.15, 0.2) is 5.65 Å². The van der Waals surface area contributed by atoms with Gasteiger partial charge in [-0.1, -0.05) is 0 Å². The van der Waals surface area contributed by atoms with E-state index in [-0.39, 0.29) is 0 Å². The van der Waals surface area contributed by atoms with Crippen molar-refractivity contribution in [2.24, 2.45) is 0 Å². The Labute approximate surface area is 122 Å². The number of fused-ring (bicyclic) bond motifs is 1. The molecule has 0 N–H and O–H groups in total.